The summed E-state index contributed by atoms with van der Waals surface area (Å²) in [6.45, 7) is 0.200. The molecule has 0 fully saturated rings. The van der Waals surface area contributed by atoms with Gasteiger partial charge in [0.2, 0.25) is 0 Å². The summed E-state index contributed by atoms with van der Waals surface area (Å²) in [5.41, 5.74) is 0.840. The lowest BCUT2D eigenvalue weighted by Crippen LogP contribution is -2.00. The fourth-order valence-electron chi connectivity index (χ4n) is 1.33. The van der Waals surface area contributed by atoms with Gasteiger partial charge in [-0.15, -0.1) is 0 Å². The molecule has 4 heteroatoms. The SMILES string of the molecule is OCC#Cc1ccc(OCc2ncccn2)cc1. The second kappa shape index (κ2) is 6.38. The molecule has 1 heterocycles. The van der Waals surface area contributed by atoms with Crippen LogP contribution < -0.4 is 4.74 Å². The van der Waals surface area contributed by atoms with E-state index in [-0.39, 0.29) is 6.61 Å². The Hall–Kier alpha value is -2.38. The Morgan fingerprint density at radius 1 is 1.11 bits per heavy atom. The highest BCUT2D eigenvalue weighted by Gasteiger charge is 1.97. The van der Waals surface area contributed by atoms with E-state index in [1.807, 2.05) is 24.3 Å². The van der Waals surface area contributed by atoms with Crippen LogP contribution in [-0.4, -0.2) is 21.7 Å². The second-order valence-electron chi connectivity index (χ2n) is 3.44. The Bertz CT molecular complexity index is 542. The lowest BCUT2D eigenvalue weighted by molar-refractivity contribution is 0.296. The van der Waals surface area contributed by atoms with Gasteiger partial charge < -0.3 is 9.84 Å². The average Bonchev–Trinajstić information content (AvgIpc) is 2.45. The van der Waals surface area contributed by atoms with Gasteiger partial charge in [0.1, 0.15) is 19.0 Å². The lowest BCUT2D eigenvalue weighted by atomic mass is 10.2. The van der Waals surface area contributed by atoms with E-state index in [0.717, 1.165) is 11.3 Å². The first-order chi connectivity index (χ1) is 8.88. The molecule has 1 N–H and O–H groups in total. The Balaban J connectivity index is 1.94. The van der Waals surface area contributed by atoms with Crippen molar-refractivity contribution in [3.05, 3.63) is 54.1 Å². The molecule has 0 aliphatic rings. The lowest BCUT2D eigenvalue weighted by Gasteiger charge is -2.04. The van der Waals surface area contributed by atoms with Crippen LogP contribution >= 0.6 is 0 Å². The molecule has 0 bridgehead atoms. The van der Waals surface area contributed by atoms with Gasteiger partial charge in [0.05, 0.1) is 0 Å². The maximum absolute atomic E-state index is 8.58. The number of hydrogen-bond donors (Lipinski definition) is 1. The third-order valence-corrected chi connectivity index (χ3v) is 2.15. The zero-order chi connectivity index (χ0) is 12.6. The van der Waals surface area contributed by atoms with Gasteiger partial charge in [-0.1, -0.05) is 11.8 Å². The van der Waals surface area contributed by atoms with Gasteiger partial charge in [-0.2, -0.15) is 0 Å². The van der Waals surface area contributed by atoms with Crippen molar-refractivity contribution < 1.29 is 9.84 Å². The van der Waals surface area contributed by atoms with Crippen LogP contribution in [-0.2, 0) is 6.61 Å². The van der Waals surface area contributed by atoms with Crippen molar-refractivity contribution in [2.45, 2.75) is 6.61 Å². The van der Waals surface area contributed by atoms with E-state index in [4.69, 9.17) is 9.84 Å². The first-order valence-corrected chi connectivity index (χ1v) is 5.47. The summed E-state index contributed by atoms with van der Waals surface area (Å²) in [5, 5.41) is 8.58. The summed E-state index contributed by atoms with van der Waals surface area (Å²) in [5.74, 6) is 6.78. The predicted molar refractivity (Wildman–Crippen MR) is 66.8 cm³/mol. The fraction of sp³-hybridized carbons (Fsp3) is 0.143. The molecule has 1 aromatic carbocycles. The molecule has 0 aliphatic heterocycles. The Labute approximate surface area is 105 Å². The largest absolute Gasteiger partial charge is 0.486 e. The molecule has 90 valence electrons. The standard InChI is InChI=1S/C14H12N2O2/c17-10-1-3-12-4-6-13(7-5-12)18-11-14-15-8-2-9-16-14/h2,4-9,17H,10-11H2. The minimum atomic E-state index is -0.135. The van der Waals surface area contributed by atoms with E-state index in [1.165, 1.54) is 0 Å². The van der Waals surface area contributed by atoms with Gasteiger partial charge in [-0.05, 0) is 30.3 Å². The van der Waals surface area contributed by atoms with Crippen LogP contribution in [0.2, 0.25) is 0 Å². The van der Waals surface area contributed by atoms with Gasteiger partial charge in [0, 0.05) is 18.0 Å². The van der Waals surface area contributed by atoms with Gasteiger partial charge in [0.25, 0.3) is 0 Å². The van der Waals surface area contributed by atoms with Gasteiger partial charge in [-0.3, -0.25) is 0 Å². The number of aliphatic hydroxyl groups excluding tert-OH is 1. The number of benzene rings is 1. The predicted octanol–water partition coefficient (Wildman–Crippen LogP) is 1.40. The van der Waals surface area contributed by atoms with E-state index in [1.54, 1.807) is 18.5 Å². The number of nitrogens with zero attached hydrogens (tertiary/aromatic N) is 2. The van der Waals surface area contributed by atoms with E-state index in [0.29, 0.717) is 12.4 Å². The van der Waals surface area contributed by atoms with Crippen LogP contribution in [0.1, 0.15) is 11.4 Å². The van der Waals surface area contributed by atoms with Crippen molar-refractivity contribution in [1.29, 1.82) is 0 Å². The molecule has 0 unspecified atom stereocenters. The number of aliphatic hydroxyl groups is 1. The summed E-state index contributed by atoms with van der Waals surface area (Å²) in [6.07, 6.45) is 3.36. The van der Waals surface area contributed by atoms with Gasteiger partial charge in [-0.25, -0.2) is 9.97 Å². The van der Waals surface area contributed by atoms with Crippen molar-refractivity contribution >= 4 is 0 Å². The van der Waals surface area contributed by atoms with Crippen molar-refractivity contribution in [3.63, 3.8) is 0 Å². The number of aromatic nitrogens is 2. The molecule has 2 rings (SSSR count). The molecule has 2 aromatic rings. The van der Waals surface area contributed by atoms with Crippen LogP contribution in [0.5, 0.6) is 5.75 Å². The second-order valence-corrected chi connectivity index (χ2v) is 3.44. The zero-order valence-corrected chi connectivity index (χ0v) is 9.71. The maximum Gasteiger partial charge on any atom is 0.166 e. The molecule has 0 aliphatic carbocycles. The van der Waals surface area contributed by atoms with Crippen LogP contribution in [0.3, 0.4) is 0 Å². The summed E-state index contributed by atoms with van der Waals surface area (Å²) in [7, 11) is 0. The Kier molecular flexibility index (Phi) is 4.28. The van der Waals surface area contributed by atoms with Crippen molar-refractivity contribution in [2.24, 2.45) is 0 Å². The molecular formula is C14H12N2O2. The topological polar surface area (TPSA) is 55.2 Å². The summed E-state index contributed by atoms with van der Waals surface area (Å²) in [6, 6.07) is 9.08. The highest BCUT2D eigenvalue weighted by atomic mass is 16.5. The first-order valence-electron chi connectivity index (χ1n) is 5.47. The van der Waals surface area contributed by atoms with E-state index < -0.39 is 0 Å². The summed E-state index contributed by atoms with van der Waals surface area (Å²) in [4.78, 5) is 8.13. The van der Waals surface area contributed by atoms with E-state index >= 15 is 0 Å². The molecule has 0 saturated heterocycles. The molecule has 18 heavy (non-hydrogen) atoms. The molecule has 4 nitrogen and oxygen atoms in total. The average molecular weight is 240 g/mol. The number of rotatable bonds is 3. The Morgan fingerprint density at radius 2 is 1.83 bits per heavy atom. The minimum Gasteiger partial charge on any atom is -0.486 e. The first kappa shape index (κ1) is 12.1. The third kappa shape index (κ3) is 3.58. The normalized spacial score (nSPS) is 9.39. The molecule has 0 amide bonds. The molecular weight excluding hydrogens is 228 g/mol. The molecule has 0 saturated carbocycles. The molecule has 0 spiro atoms. The highest BCUT2D eigenvalue weighted by Crippen LogP contribution is 2.12. The molecule has 0 radical (unpaired) electrons. The monoisotopic (exact) mass is 240 g/mol. The highest BCUT2D eigenvalue weighted by molar-refractivity contribution is 5.38. The number of ether oxygens (including phenoxy) is 1. The summed E-state index contributed by atoms with van der Waals surface area (Å²) >= 11 is 0. The van der Waals surface area contributed by atoms with Crippen molar-refractivity contribution in [3.8, 4) is 17.6 Å². The van der Waals surface area contributed by atoms with E-state index in [2.05, 4.69) is 21.8 Å². The number of hydrogen-bond acceptors (Lipinski definition) is 4. The van der Waals surface area contributed by atoms with Crippen LogP contribution in [0, 0.1) is 11.8 Å². The van der Waals surface area contributed by atoms with Crippen LogP contribution in [0.4, 0.5) is 0 Å². The molecule has 0 atom stereocenters. The smallest absolute Gasteiger partial charge is 0.166 e. The Morgan fingerprint density at radius 3 is 2.50 bits per heavy atom. The quantitative estimate of drug-likeness (QED) is 0.824. The van der Waals surface area contributed by atoms with Gasteiger partial charge >= 0.3 is 0 Å². The van der Waals surface area contributed by atoms with Crippen molar-refractivity contribution in [1.82, 2.24) is 9.97 Å². The zero-order valence-electron chi connectivity index (χ0n) is 9.71. The molecule has 1 aromatic heterocycles. The van der Waals surface area contributed by atoms with Crippen LogP contribution in [0.25, 0.3) is 0 Å². The van der Waals surface area contributed by atoms with E-state index in [9.17, 15) is 0 Å². The third-order valence-electron chi connectivity index (χ3n) is 2.15. The summed E-state index contributed by atoms with van der Waals surface area (Å²) < 4.78 is 5.53. The van der Waals surface area contributed by atoms with Gasteiger partial charge in [0.15, 0.2) is 5.82 Å². The maximum atomic E-state index is 8.58. The fourth-order valence-corrected chi connectivity index (χ4v) is 1.33. The van der Waals surface area contributed by atoms with Crippen LogP contribution in [0.15, 0.2) is 42.7 Å². The minimum absolute atomic E-state index is 0.135. The van der Waals surface area contributed by atoms with Crippen molar-refractivity contribution in [2.75, 3.05) is 6.61 Å².